The van der Waals surface area contributed by atoms with Crippen molar-refractivity contribution in [1.82, 2.24) is 0 Å². The molecule has 0 rings (SSSR count). The zero-order chi connectivity index (χ0) is 9.07. The van der Waals surface area contributed by atoms with Gasteiger partial charge in [0.05, 0.1) is 0 Å². The van der Waals surface area contributed by atoms with Gasteiger partial charge in [0.1, 0.15) is 5.25 Å². The second-order valence-corrected chi connectivity index (χ2v) is 4.08. The van der Waals surface area contributed by atoms with Crippen molar-refractivity contribution >= 4 is 10.1 Å². The summed E-state index contributed by atoms with van der Waals surface area (Å²) in [6, 6.07) is 0. The van der Waals surface area contributed by atoms with Crippen LogP contribution in [0.2, 0.25) is 0 Å². The molecule has 0 aromatic rings. The minimum absolute atomic E-state index is 0.180. The molecule has 6 heteroatoms. The van der Waals surface area contributed by atoms with Gasteiger partial charge < -0.3 is 10.8 Å². The summed E-state index contributed by atoms with van der Waals surface area (Å²) in [5, 5.41) is 7.51. The molecule has 0 bridgehead atoms. The zero-order valence-corrected chi connectivity index (χ0v) is 7.08. The maximum absolute atomic E-state index is 10.5. The first-order valence-electron chi connectivity index (χ1n) is 3.20. The molecule has 0 fully saturated rings. The molecular formula is C5H13NO4S. The van der Waals surface area contributed by atoms with Crippen molar-refractivity contribution in [3.63, 3.8) is 0 Å². The number of rotatable bonds is 4. The predicted octanol–water partition coefficient (Wildman–Crippen LogP) is -1.17. The Balaban J connectivity index is 4.42. The molecule has 0 radical (unpaired) electrons. The van der Waals surface area contributed by atoms with E-state index in [9.17, 15) is 8.42 Å². The highest BCUT2D eigenvalue weighted by Gasteiger charge is 2.26. The predicted molar refractivity (Wildman–Crippen MR) is 40.6 cm³/mol. The molecule has 0 aliphatic carbocycles. The summed E-state index contributed by atoms with van der Waals surface area (Å²) in [6.45, 7) is 1.02. The Morgan fingerprint density at radius 2 is 2.00 bits per heavy atom. The highest BCUT2D eigenvalue weighted by atomic mass is 32.2. The Morgan fingerprint density at radius 3 is 2.09 bits per heavy atom. The summed E-state index contributed by atoms with van der Waals surface area (Å²) in [4.78, 5) is 0. The van der Waals surface area contributed by atoms with Gasteiger partial charge in [-0.2, -0.15) is 8.42 Å². The maximum atomic E-state index is 10.5. The van der Waals surface area contributed by atoms with E-state index in [1.165, 1.54) is 6.92 Å². The van der Waals surface area contributed by atoms with Crippen LogP contribution >= 0.6 is 0 Å². The van der Waals surface area contributed by atoms with Crippen LogP contribution in [0.25, 0.3) is 0 Å². The number of aliphatic hydroxyl groups is 1. The Hall–Kier alpha value is -0.170. The largest absolute Gasteiger partial charge is 0.396 e. The van der Waals surface area contributed by atoms with Crippen LogP contribution in [0.4, 0.5) is 0 Å². The lowest BCUT2D eigenvalue weighted by atomic mass is 10.1. The Kier molecular flexibility index (Phi) is 3.95. The fourth-order valence-electron chi connectivity index (χ4n) is 0.765. The molecule has 0 amide bonds. The molecule has 0 aliphatic rings. The molecule has 0 saturated heterocycles. The van der Waals surface area contributed by atoms with E-state index in [0.29, 0.717) is 0 Å². The average Bonchev–Trinajstić information content (AvgIpc) is 1.86. The van der Waals surface area contributed by atoms with Crippen LogP contribution in [0.15, 0.2) is 0 Å². The Morgan fingerprint density at radius 1 is 1.55 bits per heavy atom. The SMILES string of the molecule is CC(CO)C(CN)S(=O)(=O)O. The molecule has 5 nitrogen and oxygen atoms in total. The molecule has 68 valence electrons. The van der Waals surface area contributed by atoms with Crippen LogP contribution in [0, 0.1) is 5.92 Å². The number of nitrogens with two attached hydrogens (primary N) is 1. The molecule has 0 spiro atoms. The lowest BCUT2D eigenvalue weighted by Crippen LogP contribution is -2.36. The molecule has 2 atom stereocenters. The monoisotopic (exact) mass is 183 g/mol. The van der Waals surface area contributed by atoms with E-state index < -0.39 is 21.3 Å². The van der Waals surface area contributed by atoms with Gasteiger partial charge in [0.2, 0.25) is 0 Å². The topological polar surface area (TPSA) is 101 Å². The van der Waals surface area contributed by atoms with Crippen LogP contribution in [-0.4, -0.2) is 36.5 Å². The third kappa shape index (κ3) is 3.15. The van der Waals surface area contributed by atoms with E-state index in [0.717, 1.165) is 0 Å². The highest BCUT2D eigenvalue weighted by Crippen LogP contribution is 2.09. The molecule has 2 unspecified atom stereocenters. The summed E-state index contributed by atoms with van der Waals surface area (Å²) in [5.74, 6) is -0.532. The summed E-state index contributed by atoms with van der Waals surface area (Å²) < 4.78 is 29.6. The Bertz CT molecular complexity index is 201. The van der Waals surface area contributed by atoms with Crippen molar-refractivity contribution in [3.05, 3.63) is 0 Å². The van der Waals surface area contributed by atoms with Crippen LogP contribution < -0.4 is 5.73 Å². The summed E-state index contributed by atoms with van der Waals surface area (Å²) in [6.07, 6.45) is 0. The van der Waals surface area contributed by atoms with Gasteiger partial charge in [0.25, 0.3) is 10.1 Å². The minimum Gasteiger partial charge on any atom is -0.396 e. The molecule has 11 heavy (non-hydrogen) atoms. The molecule has 0 saturated carbocycles. The van der Waals surface area contributed by atoms with Crippen molar-refractivity contribution in [2.75, 3.05) is 13.2 Å². The van der Waals surface area contributed by atoms with E-state index >= 15 is 0 Å². The molecule has 0 aliphatic heterocycles. The molecule has 4 N–H and O–H groups in total. The third-order valence-electron chi connectivity index (χ3n) is 1.54. The smallest absolute Gasteiger partial charge is 0.269 e. The van der Waals surface area contributed by atoms with Gasteiger partial charge in [-0.1, -0.05) is 6.92 Å². The van der Waals surface area contributed by atoms with Gasteiger partial charge >= 0.3 is 0 Å². The first-order chi connectivity index (χ1) is 4.93. The molecule has 0 heterocycles. The molecule has 0 aromatic heterocycles. The lowest BCUT2D eigenvalue weighted by Gasteiger charge is -2.16. The first kappa shape index (κ1) is 10.8. The number of hydrogen-bond donors (Lipinski definition) is 3. The maximum Gasteiger partial charge on any atom is 0.269 e. The van der Waals surface area contributed by atoms with Crippen molar-refractivity contribution in [2.45, 2.75) is 12.2 Å². The normalized spacial score (nSPS) is 17.8. The van der Waals surface area contributed by atoms with Gasteiger partial charge in [-0.15, -0.1) is 0 Å². The van der Waals surface area contributed by atoms with Gasteiger partial charge in [0.15, 0.2) is 0 Å². The van der Waals surface area contributed by atoms with Gasteiger partial charge in [0, 0.05) is 13.2 Å². The first-order valence-corrected chi connectivity index (χ1v) is 4.71. The minimum atomic E-state index is -4.11. The van der Waals surface area contributed by atoms with Gasteiger partial charge in [-0.3, -0.25) is 4.55 Å². The zero-order valence-electron chi connectivity index (χ0n) is 6.27. The third-order valence-corrected chi connectivity index (χ3v) is 2.96. The standard InChI is InChI=1S/C5H13NO4S/c1-4(3-7)5(2-6)11(8,9)10/h4-5,7H,2-3,6H2,1H3,(H,8,9,10). The van der Waals surface area contributed by atoms with Gasteiger partial charge in [-0.25, -0.2) is 0 Å². The molecule has 0 aromatic carbocycles. The second kappa shape index (κ2) is 4.01. The fraction of sp³-hybridized carbons (Fsp3) is 1.00. The van der Waals surface area contributed by atoms with E-state index in [-0.39, 0.29) is 13.2 Å². The van der Waals surface area contributed by atoms with Crippen LogP contribution in [0.5, 0.6) is 0 Å². The van der Waals surface area contributed by atoms with Crippen molar-refractivity contribution < 1.29 is 18.1 Å². The van der Waals surface area contributed by atoms with Gasteiger partial charge in [-0.05, 0) is 5.92 Å². The van der Waals surface area contributed by atoms with Crippen molar-refractivity contribution in [2.24, 2.45) is 11.7 Å². The van der Waals surface area contributed by atoms with Crippen LogP contribution in [0.3, 0.4) is 0 Å². The summed E-state index contributed by atoms with van der Waals surface area (Å²) >= 11 is 0. The average molecular weight is 183 g/mol. The van der Waals surface area contributed by atoms with E-state index in [2.05, 4.69) is 0 Å². The summed E-state index contributed by atoms with van der Waals surface area (Å²) in [5.41, 5.74) is 5.09. The number of hydrogen-bond acceptors (Lipinski definition) is 4. The van der Waals surface area contributed by atoms with E-state index in [1.54, 1.807) is 0 Å². The van der Waals surface area contributed by atoms with Crippen LogP contribution in [0.1, 0.15) is 6.92 Å². The van der Waals surface area contributed by atoms with Crippen molar-refractivity contribution in [3.8, 4) is 0 Å². The van der Waals surface area contributed by atoms with Crippen molar-refractivity contribution in [1.29, 1.82) is 0 Å². The number of aliphatic hydroxyl groups excluding tert-OH is 1. The lowest BCUT2D eigenvalue weighted by molar-refractivity contribution is 0.230. The Labute approximate surface area is 66.0 Å². The molecular weight excluding hydrogens is 170 g/mol. The van der Waals surface area contributed by atoms with Crippen LogP contribution in [-0.2, 0) is 10.1 Å². The van der Waals surface area contributed by atoms with E-state index in [4.69, 9.17) is 15.4 Å². The fourth-order valence-corrected chi connectivity index (χ4v) is 1.68. The van der Waals surface area contributed by atoms with E-state index in [1.807, 2.05) is 0 Å². The second-order valence-electron chi connectivity index (χ2n) is 2.45. The highest BCUT2D eigenvalue weighted by molar-refractivity contribution is 7.86. The quantitative estimate of drug-likeness (QED) is 0.477. The summed E-state index contributed by atoms with van der Waals surface area (Å²) in [7, 11) is -4.11.